The van der Waals surface area contributed by atoms with Crippen molar-refractivity contribution in [3.8, 4) is 5.75 Å². The van der Waals surface area contributed by atoms with E-state index >= 15 is 0 Å². The molecule has 2 bridgehead atoms. The second-order valence-electron chi connectivity index (χ2n) is 8.03. The van der Waals surface area contributed by atoms with Crippen LogP contribution in [0.1, 0.15) is 51.5 Å². The summed E-state index contributed by atoms with van der Waals surface area (Å²) >= 11 is 0. The summed E-state index contributed by atoms with van der Waals surface area (Å²) in [4.78, 5) is 14.7. The highest BCUT2D eigenvalue weighted by molar-refractivity contribution is 5.78. The zero-order valence-electron chi connectivity index (χ0n) is 15.6. The van der Waals surface area contributed by atoms with Crippen LogP contribution in [0.2, 0.25) is 0 Å². The Hall–Kier alpha value is -1.55. The first kappa shape index (κ1) is 18.2. The van der Waals surface area contributed by atoms with Crippen molar-refractivity contribution in [2.24, 2.45) is 17.8 Å². The van der Waals surface area contributed by atoms with E-state index in [1.165, 1.54) is 25.7 Å². The Labute approximate surface area is 151 Å². The Bertz CT molecular complexity index is 589. The van der Waals surface area contributed by atoms with Gasteiger partial charge in [0.25, 0.3) is 0 Å². The quantitative estimate of drug-likeness (QED) is 0.758. The van der Waals surface area contributed by atoms with Crippen LogP contribution in [-0.2, 0) is 11.3 Å². The number of hydrogen-bond donors (Lipinski definition) is 2. The number of aromatic hydroxyl groups is 1. The fraction of sp³-hybridized carbons (Fsp3) is 0.667. The monoisotopic (exact) mass is 344 g/mol. The molecule has 4 nitrogen and oxygen atoms in total. The highest BCUT2D eigenvalue weighted by Gasteiger charge is 2.42. The lowest BCUT2D eigenvalue weighted by atomic mass is 9.84. The molecule has 138 valence electrons. The minimum absolute atomic E-state index is 0.110. The van der Waals surface area contributed by atoms with Crippen molar-refractivity contribution in [3.05, 3.63) is 29.8 Å². The van der Waals surface area contributed by atoms with Crippen molar-refractivity contribution in [3.63, 3.8) is 0 Å². The van der Waals surface area contributed by atoms with Crippen LogP contribution >= 0.6 is 0 Å². The largest absolute Gasteiger partial charge is 0.508 e. The SMILES string of the molecule is CCCN(CC(=O)NC(C)C1CC2CCC1C2)Cc1ccccc1O. The average molecular weight is 344 g/mol. The Morgan fingerprint density at radius 1 is 1.32 bits per heavy atom. The van der Waals surface area contributed by atoms with Gasteiger partial charge in [0.1, 0.15) is 5.75 Å². The maximum absolute atomic E-state index is 12.6. The summed E-state index contributed by atoms with van der Waals surface area (Å²) in [6.45, 7) is 6.15. The molecule has 0 spiro atoms. The van der Waals surface area contributed by atoms with Gasteiger partial charge in [-0.3, -0.25) is 9.69 Å². The molecule has 0 saturated heterocycles. The standard InChI is InChI=1S/C21H32N2O2/c1-3-10-23(13-18-6-4-5-7-20(18)24)14-21(25)22-15(2)19-12-16-8-9-17(19)11-16/h4-7,15-17,19,24H,3,8-14H2,1-2H3,(H,22,25). The zero-order chi connectivity index (χ0) is 17.8. The topological polar surface area (TPSA) is 52.6 Å². The van der Waals surface area contributed by atoms with E-state index in [0.29, 0.717) is 24.8 Å². The smallest absolute Gasteiger partial charge is 0.234 e. The summed E-state index contributed by atoms with van der Waals surface area (Å²) in [5.41, 5.74) is 0.880. The zero-order valence-corrected chi connectivity index (χ0v) is 15.6. The Morgan fingerprint density at radius 2 is 2.12 bits per heavy atom. The van der Waals surface area contributed by atoms with Gasteiger partial charge >= 0.3 is 0 Å². The van der Waals surface area contributed by atoms with Gasteiger partial charge in [-0.05, 0) is 63.0 Å². The molecule has 2 fully saturated rings. The molecule has 0 aromatic heterocycles. The number of carbonyl (C=O) groups is 1. The predicted molar refractivity (Wildman–Crippen MR) is 100 cm³/mol. The van der Waals surface area contributed by atoms with Crippen LogP contribution in [0.4, 0.5) is 0 Å². The van der Waals surface area contributed by atoms with Gasteiger partial charge in [-0.2, -0.15) is 0 Å². The molecule has 25 heavy (non-hydrogen) atoms. The van der Waals surface area contributed by atoms with Crippen LogP contribution in [-0.4, -0.2) is 35.0 Å². The Kier molecular flexibility index (Phi) is 6.00. The maximum atomic E-state index is 12.6. The number of benzene rings is 1. The summed E-state index contributed by atoms with van der Waals surface area (Å²) in [7, 11) is 0. The summed E-state index contributed by atoms with van der Waals surface area (Å²) in [6, 6.07) is 7.66. The highest BCUT2D eigenvalue weighted by atomic mass is 16.3. The van der Waals surface area contributed by atoms with Crippen molar-refractivity contribution in [1.29, 1.82) is 0 Å². The van der Waals surface area contributed by atoms with Crippen LogP contribution in [0.5, 0.6) is 5.75 Å². The average Bonchev–Trinajstić information content (AvgIpc) is 3.20. The summed E-state index contributed by atoms with van der Waals surface area (Å²) < 4.78 is 0. The number of nitrogens with zero attached hydrogens (tertiary/aromatic N) is 1. The van der Waals surface area contributed by atoms with Crippen LogP contribution in [0.15, 0.2) is 24.3 Å². The van der Waals surface area contributed by atoms with Crippen LogP contribution < -0.4 is 5.32 Å². The molecular weight excluding hydrogens is 312 g/mol. The second kappa shape index (κ2) is 8.22. The molecule has 4 atom stereocenters. The highest BCUT2D eigenvalue weighted by Crippen LogP contribution is 2.49. The molecule has 1 aromatic carbocycles. The molecule has 2 saturated carbocycles. The first-order valence-corrected chi connectivity index (χ1v) is 9.85. The van der Waals surface area contributed by atoms with Crippen LogP contribution in [0.3, 0.4) is 0 Å². The molecule has 2 N–H and O–H groups in total. The van der Waals surface area contributed by atoms with Crippen LogP contribution in [0, 0.1) is 17.8 Å². The predicted octanol–water partition coefficient (Wildman–Crippen LogP) is 3.55. The fourth-order valence-electron chi connectivity index (χ4n) is 4.93. The van der Waals surface area contributed by atoms with Crippen molar-refractivity contribution in [2.75, 3.05) is 13.1 Å². The molecular formula is C21H32N2O2. The first-order valence-electron chi connectivity index (χ1n) is 9.85. The fourth-order valence-corrected chi connectivity index (χ4v) is 4.93. The van der Waals surface area contributed by atoms with Crippen LogP contribution in [0.25, 0.3) is 0 Å². The van der Waals surface area contributed by atoms with Crippen molar-refractivity contribution in [1.82, 2.24) is 10.2 Å². The maximum Gasteiger partial charge on any atom is 0.234 e. The van der Waals surface area contributed by atoms with Gasteiger partial charge in [0.2, 0.25) is 5.91 Å². The van der Waals surface area contributed by atoms with E-state index in [0.717, 1.165) is 30.4 Å². The lowest BCUT2D eigenvalue weighted by Gasteiger charge is -2.29. The number of rotatable bonds is 8. The molecule has 1 amide bonds. The van der Waals surface area contributed by atoms with Crippen molar-refractivity contribution in [2.45, 2.75) is 58.5 Å². The second-order valence-corrected chi connectivity index (χ2v) is 8.03. The molecule has 1 aromatic rings. The number of para-hydroxylation sites is 1. The minimum Gasteiger partial charge on any atom is -0.508 e. The number of amides is 1. The summed E-state index contributed by atoms with van der Waals surface area (Å²) in [6.07, 6.45) is 6.41. The molecule has 4 heteroatoms. The Balaban J connectivity index is 1.52. The van der Waals surface area contributed by atoms with Gasteiger partial charge in [-0.15, -0.1) is 0 Å². The first-order chi connectivity index (χ1) is 12.1. The van der Waals surface area contributed by atoms with E-state index in [1.807, 2.05) is 18.2 Å². The molecule has 4 unspecified atom stereocenters. The molecule has 0 heterocycles. The van der Waals surface area contributed by atoms with E-state index in [-0.39, 0.29) is 11.9 Å². The van der Waals surface area contributed by atoms with Gasteiger partial charge in [0.05, 0.1) is 6.54 Å². The minimum atomic E-state index is 0.110. The third kappa shape index (κ3) is 4.55. The molecule has 2 aliphatic rings. The molecule has 0 aliphatic heterocycles. The van der Waals surface area contributed by atoms with E-state index in [1.54, 1.807) is 6.07 Å². The number of fused-ring (bicyclic) bond motifs is 2. The summed E-state index contributed by atoms with van der Waals surface area (Å²) in [5.74, 6) is 2.82. The number of phenolic OH excluding ortho intramolecular Hbond substituents is 1. The van der Waals surface area contributed by atoms with E-state index in [9.17, 15) is 9.90 Å². The van der Waals surface area contributed by atoms with E-state index in [2.05, 4.69) is 24.1 Å². The lowest BCUT2D eigenvalue weighted by Crippen LogP contribution is -2.45. The molecule has 0 radical (unpaired) electrons. The molecule has 2 aliphatic carbocycles. The molecule has 3 rings (SSSR count). The van der Waals surface area contributed by atoms with Gasteiger partial charge in [-0.1, -0.05) is 31.5 Å². The van der Waals surface area contributed by atoms with E-state index in [4.69, 9.17) is 0 Å². The van der Waals surface area contributed by atoms with Crippen molar-refractivity contribution >= 4 is 5.91 Å². The van der Waals surface area contributed by atoms with E-state index < -0.39 is 0 Å². The Morgan fingerprint density at radius 3 is 2.76 bits per heavy atom. The number of nitrogens with one attached hydrogen (secondary N) is 1. The number of hydrogen-bond acceptors (Lipinski definition) is 3. The number of carbonyl (C=O) groups excluding carboxylic acids is 1. The third-order valence-electron chi connectivity index (χ3n) is 6.12. The third-order valence-corrected chi connectivity index (χ3v) is 6.12. The lowest BCUT2D eigenvalue weighted by molar-refractivity contribution is -0.123. The number of phenols is 1. The van der Waals surface area contributed by atoms with Gasteiger partial charge in [0, 0.05) is 18.2 Å². The van der Waals surface area contributed by atoms with Crippen molar-refractivity contribution < 1.29 is 9.90 Å². The van der Waals surface area contributed by atoms with Gasteiger partial charge < -0.3 is 10.4 Å². The van der Waals surface area contributed by atoms with Gasteiger partial charge in [-0.25, -0.2) is 0 Å². The normalized spacial score (nSPS) is 26.1. The van der Waals surface area contributed by atoms with Gasteiger partial charge in [0.15, 0.2) is 0 Å². The summed E-state index contributed by atoms with van der Waals surface area (Å²) in [5, 5.41) is 13.2.